The Balaban J connectivity index is 2.34. The van der Waals surface area contributed by atoms with Crippen molar-refractivity contribution in [2.45, 2.75) is 24.8 Å². The molecule has 118 valence electrons. The highest BCUT2D eigenvalue weighted by molar-refractivity contribution is 7.99. The molecule has 9 heteroatoms. The Hall–Kier alpha value is -2.29. The van der Waals surface area contributed by atoms with Gasteiger partial charge in [0.05, 0.1) is 0 Å². The number of carbonyl (C=O) groups is 2. The number of aliphatic carboxylic acids is 1. The molecule has 0 aromatic carbocycles. The Morgan fingerprint density at radius 1 is 1.45 bits per heavy atom. The molecule has 2 aromatic heterocycles. The smallest absolute Gasteiger partial charge is 0.322 e. The van der Waals surface area contributed by atoms with E-state index in [2.05, 4.69) is 22.3 Å². The van der Waals surface area contributed by atoms with Crippen LogP contribution in [0.15, 0.2) is 17.4 Å². The molecule has 0 unspecified atom stereocenters. The molecule has 0 bridgehead atoms. The van der Waals surface area contributed by atoms with Crippen LogP contribution in [0.2, 0.25) is 0 Å². The maximum Gasteiger partial charge on any atom is 0.322 e. The number of nitrogens with one attached hydrogen (secondary N) is 1. The number of hydrogen-bond acceptors (Lipinski definition) is 6. The van der Waals surface area contributed by atoms with Crippen LogP contribution < -0.4 is 5.32 Å². The average Bonchev–Trinajstić information content (AvgIpc) is 2.94. The number of amides is 1. The summed E-state index contributed by atoms with van der Waals surface area (Å²) in [6.07, 6.45) is 3.35. The number of carboxylic acid groups (broad SMARTS) is 1. The largest absolute Gasteiger partial charge is 0.507 e. The SMILES string of the molecule is CCCCSc1cc(O)c(C(=O)NCC(=O)O)c2ncnn12. The molecule has 0 atom stereocenters. The number of nitrogens with zero attached hydrogens (tertiary/aromatic N) is 3. The van der Waals surface area contributed by atoms with Crippen LogP contribution in [0.1, 0.15) is 30.1 Å². The summed E-state index contributed by atoms with van der Waals surface area (Å²) >= 11 is 1.51. The number of carboxylic acids is 1. The van der Waals surface area contributed by atoms with Gasteiger partial charge < -0.3 is 15.5 Å². The van der Waals surface area contributed by atoms with Crippen LogP contribution >= 0.6 is 11.8 Å². The second kappa shape index (κ2) is 7.12. The van der Waals surface area contributed by atoms with Gasteiger partial charge in [-0.05, 0) is 12.2 Å². The van der Waals surface area contributed by atoms with Crippen molar-refractivity contribution in [1.29, 1.82) is 0 Å². The number of aromatic nitrogens is 3. The minimum absolute atomic E-state index is 0.0846. The van der Waals surface area contributed by atoms with Crippen LogP contribution in [-0.4, -0.2) is 49.0 Å². The lowest BCUT2D eigenvalue weighted by Gasteiger charge is -2.10. The Morgan fingerprint density at radius 2 is 2.23 bits per heavy atom. The van der Waals surface area contributed by atoms with Crippen LogP contribution in [0.4, 0.5) is 0 Å². The highest BCUT2D eigenvalue weighted by atomic mass is 32.2. The predicted molar refractivity (Wildman–Crippen MR) is 80.3 cm³/mol. The molecule has 0 fully saturated rings. The summed E-state index contributed by atoms with van der Waals surface area (Å²) in [6.45, 7) is 1.55. The lowest BCUT2D eigenvalue weighted by Crippen LogP contribution is -2.29. The summed E-state index contributed by atoms with van der Waals surface area (Å²) in [5.74, 6) is -1.27. The molecule has 1 amide bonds. The second-order valence-electron chi connectivity index (χ2n) is 4.52. The minimum atomic E-state index is -1.17. The lowest BCUT2D eigenvalue weighted by atomic mass is 10.2. The molecule has 2 rings (SSSR count). The fourth-order valence-corrected chi connectivity index (χ4v) is 2.92. The zero-order chi connectivity index (χ0) is 16.1. The van der Waals surface area contributed by atoms with Gasteiger partial charge in [-0.25, -0.2) is 9.50 Å². The molecule has 22 heavy (non-hydrogen) atoms. The highest BCUT2D eigenvalue weighted by Gasteiger charge is 2.20. The number of hydrogen-bond donors (Lipinski definition) is 3. The van der Waals surface area contributed by atoms with Gasteiger partial charge in [-0.1, -0.05) is 13.3 Å². The quantitative estimate of drug-likeness (QED) is 0.516. The molecule has 0 spiro atoms. The van der Waals surface area contributed by atoms with Crippen molar-refractivity contribution >= 4 is 29.3 Å². The van der Waals surface area contributed by atoms with Crippen molar-refractivity contribution in [2.24, 2.45) is 0 Å². The number of fused-ring (bicyclic) bond motifs is 1. The van der Waals surface area contributed by atoms with Crippen molar-refractivity contribution < 1.29 is 19.8 Å². The van der Waals surface area contributed by atoms with Gasteiger partial charge >= 0.3 is 5.97 Å². The van der Waals surface area contributed by atoms with E-state index in [1.807, 2.05) is 0 Å². The van der Waals surface area contributed by atoms with Crippen molar-refractivity contribution in [1.82, 2.24) is 19.9 Å². The fraction of sp³-hybridized carbons (Fsp3) is 0.385. The zero-order valence-corrected chi connectivity index (χ0v) is 12.8. The highest BCUT2D eigenvalue weighted by Crippen LogP contribution is 2.29. The van der Waals surface area contributed by atoms with E-state index in [0.717, 1.165) is 18.6 Å². The monoisotopic (exact) mass is 324 g/mol. The molecule has 0 aliphatic rings. The Bertz CT molecular complexity index is 701. The predicted octanol–water partition coefficient (Wildman–Crippen LogP) is 1.14. The first-order valence-electron chi connectivity index (χ1n) is 6.73. The van der Waals surface area contributed by atoms with Gasteiger partial charge in [0.25, 0.3) is 5.91 Å². The van der Waals surface area contributed by atoms with Crippen LogP contribution in [-0.2, 0) is 4.79 Å². The molecule has 2 aromatic rings. The molecule has 2 heterocycles. The first-order chi connectivity index (χ1) is 10.5. The van der Waals surface area contributed by atoms with Crippen molar-refractivity contribution in [3.05, 3.63) is 18.0 Å². The van der Waals surface area contributed by atoms with E-state index < -0.39 is 18.4 Å². The third-order valence-corrected chi connectivity index (χ3v) is 3.95. The number of aromatic hydroxyl groups is 1. The molecule has 0 saturated carbocycles. The summed E-state index contributed by atoms with van der Waals surface area (Å²) in [4.78, 5) is 26.5. The van der Waals surface area contributed by atoms with Crippen molar-refractivity contribution in [3.63, 3.8) is 0 Å². The summed E-state index contributed by atoms with van der Waals surface area (Å²) in [5, 5.41) is 25.6. The Kier molecular flexibility index (Phi) is 5.21. The first kappa shape index (κ1) is 16.1. The lowest BCUT2D eigenvalue weighted by molar-refractivity contribution is -0.135. The van der Waals surface area contributed by atoms with Crippen LogP contribution in [0.3, 0.4) is 0 Å². The van der Waals surface area contributed by atoms with E-state index in [9.17, 15) is 14.7 Å². The van der Waals surface area contributed by atoms with E-state index in [1.54, 1.807) is 0 Å². The number of thioether (sulfide) groups is 1. The molecular formula is C13H16N4O4S. The number of pyridine rings is 1. The van der Waals surface area contributed by atoms with E-state index in [1.165, 1.54) is 28.7 Å². The summed E-state index contributed by atoms with van der Waals surface area (Å²) in [5.41, 5.74) is 0.112. The summed E-state index contributed by atoms with van der Waals surface area (Å²) in [7, 11) is 0. The van der Waals surface area contributed by atoms with Crippen LogP contribution in [0, 0.1) is 0 Å². The maximum atomic E-state index is 12.0. The van der Waals surface area contributed by atoms with Crippen LogP contribution in [0.25, 0.3) is 5.65 Å². The number of rotatable bonds is 7. The number of unbranched alkanes of at least 4 members (excludes halogenated alkanes) is 1. The van der Waals surface area contributed by atoms with Gasteiger partial charge in [-0.15, -0.1) is 11.8 Å². The van der Waals surface area contributed by atoms with Crippen LogP contribution in [0.5, 0.6) is 5.75 Å². The normalized spacial score (nSPS) is 10.8. The molecule has 0 radical (unpaired) electrons. The van der Waals surface area contributed by atoms with E-state index in [4.69, 9.17) is 5.11 Å². The van der Waals surface area contributed by atoms with Gasteiger partial charge in [-0.3, -0.25) is 9.59 Å². The van der Waals surface area contributed by atoms with Gasteiger partial charge in [0.1, 0.15) is 29.2 Å². The van der Waals surface area contributed by atoms with Crippen molar-refractivity contribution in [2.75, 3.05) is 12.3 Å². The summed E-state index contributed by atoms with van der Waals surface area (Å²) in [6, 6.07) is 1.44. The molecule has 0 aliphatic heterocycles. The van der Waals surface area contributed by atoms with E-state index in [-0.39, 0.29) is 17.0 Å². The second-order valence-corrected chi connectivity index (χ2v) is 5.63. The standard InChI is InChI=1S/C13H16N4O4S/c1-2-3-4-22-9-5-8(18)11(12-15-7-16-17(9)12)13(21)14-6-10(19)20/h5,7,18H,2-4,6H2,1H3,(H,14,21)(H,19,20). The van der Waals surface area contributed by atoms with Gasteiger partial charge in [-0.2, -0.15) is 5.10 Å². The Morgan fingerprint density at radius 3 is 2.91 bits per heavy atom. The average molecular weight is 324 g/mol. The van der Waals surface area contributed by atoms with Gasteiger partial charge in [0, 0.05) is 6.07 Å². The topological polar surface area (TPSA) is 117 Å². The maximum absolute atomic E-state index is 12.0. The van der Waals surface area contributed by atoms with E-state index in [0.29, 0.717) is 5.03 Å². The molecule has 8 nitrogen and oxygen atoms in total. The van der Waals surface area contributed by atoms with Gasteiger partial charge in [0.2, 0.25) is 0 Å². The molecule has 3 N–H and O–H groups in total. The minimum Gasteiger partial charge on any atom is -0.507 e. The van der Waals surface area contributed by atoms with Gasteiger partial charge in [0.15, 0.2) is 5.65 Å². The zero-order valence-electron chi connectivity index (χ0n) is 11.9. The third kappa shape index (κ3) is 3.48. The third-order valence-electron chi connectivity index (χ3n) is 2.87. The molecule has 0 aliphatic carbocycles. The fourth-order valence-electron chi connectivity index (χ4n) is 1.82. The first-order valence-corrected chi connectivity index (χ1v) is 7.71. The van der Waals surface area contributed by atoms with Crippen molar-refractivity contribution in [3.8, 4) is 5.75 Å². The molecule has 0 saturated heterocycles. The molecular weight excluding hydrogens is 308 g/mol. The summed E-state index contributed by atoms with van der Waals surface area (Å²) < 4.78 is 1.47. The van der Waals surface area contributed by atoms with E-state index >= 15 is 0 Å². The number of carbonyl (C=O) groups excluding carboxylic acids is 1. The Labute approximate surface area is 130 Å².